The molecule has 1 amide bonds. The number of nitrogens with one attached hydrogen (secondary N) is 1. The van der Waals surface area contributed by atoms with Crippen LogP contribution in [-0.4, -0.2) is 24.2 Å². The molecule has 0 fully saturated rings. The van der Waals surface area contributed by atoms with Crippen molar-refractivity contribution in [1.29, 1.82) is 0 Å². The fraction of sp³-hybridized carbons (Fsp3) is 0.471. The van der Waals surface area contributed by atoms with Crippen molar-refractivity contribution in [3.05, 3.63) is 41.5 Å². The Kier molecular flexibility index (Phi) is 7.02. The second-order valence-electron chi connectivity index (χ2n) is 5.52. The zero-order chi connectivity index (χ0) is 15.0. The quantitative estimate of drug-likeness (QED) is 0.803. The van der Waals surface area contributed by atoms with Gasteiger partial charge in [0.1, 0.15) is 0 Å². The van der Waals surface area contributed by atoms with Crippen molar-refractivity contribution in [3.63, 3.8) is 0 Å². The minimum Gasteiger partial charge on any atom is -0.396 e. The number of rotatable bonds is 7. The maximum absolute atomic E-state index is 11.6. The van der Waals surface area contributed by atoms with Gasteiger partial charge in [0.15, 0.2) is 0 Å². The lowest BCUT2D eigenvalue weighted by atomic mass is 10.0. The number of amides is 1. The number of aliphatic hydroxyl groups is 1. The van der Waals surface area contributed by atoms with Gasteiger partial charge >= 0.3 is 0 Å². The lowest BCUT2D eigenvalue weighted by Crippen LogP contribution is -2.28. The lowest BCUT2D eigenvalue weighted by molar-refractivity contribution is -0.120. The van der Waals surface area contributed by atoms with Crippen LogP contribution in [0.4, 0.5) is 0 Å². The number of hydrogen-bond donors (Lipinski definition) is 2. The van der Waals surface area contributed by atoms with Gasteiger partial charge in [0.25, 0.3) is 0 Å². The summed E-state index contributed by atoms with van der Waals surface area (Å²) in [5, 5.41) is 11.7. The molecule has 20 heavy (non-hydrogen) atoms. The van der Waals surface area contributed by atoms with Gasteiger partial charge in [0.05, 0.1) is 0 Å². The van der Waals surface area contributed by atoms with Crippen molar-refractivity contribution in [2.24, 2.45) is 5.92 Å². The number of carbonyl (C=O) groups is 1. The van der Waals surface area contributed by atoms with E-state index in [1.54, 1.807) is 0 Å². The van der Waals surface area contributed by atoms with Crippen LogP contribution in [-0.2, 0) is 4.79 Å². The minimum absolute atomic E-state index is 0.0136. The molecular formula is C17H25NO2. The second-order valence-corrected chi connectivity index (χ2v) is 5.52. The Morgan fingerprint density at radius 1 is 1.25 bits per heavy atom. The molecule has 0 bridgehead atoms. The molecule has 1 atom stereocenters. The summed E-state index contributed by atoms with van der Waals surface area (Å²) in [6, 6.07) is 8.37. The van der Waals surface area contributed by atoms with E-state index in [9.17, 15) is 4.79 Å². The van der Waals surface area contributed by atoms with Crippen LogP contribution in [0.1, 0.15) is 44.2 Å². The maximum atomic E-state index is 11.6. The zero-order valence-electron chi connectivity index (χ0n) is 12.6. The smallest absolute Gasteiger partial charge is 0.223 e. The highest BCUT2D eigenvalue weighted by molar-refractivity contribution is 5.78. The van der Waals surface area contributed by atoms with Crippen LogP contribution >= 0.6 is 0 Å². The van der Waals surface area contributed by atoms with E-state index in [1.165, 1.54) is 5.56 Å². The van der Waals surface area contributed by atoms with E-state index in [1.807, 2.05) is 19.1 Å². The Labute approximate surface area is 121 Å². The van der Waals surface area contributed by atoms with Crippen molar-refractivity contribution in [1.82, 2.24) is 5.32 Å². The molecule has 0 heterocycles. The molecule has 0 saturated heterocycles. The molecule has 0 radical (unpaired) electrons. The zero-order valence-corrected chi connectivity index (χ0v) is 12.6. The van der Waals surface area contributed by atoms with Crippen LogP contribution in [0, 0.1) is 5.92 Å². The van der Waals surface area contributed by atoms with Gasteiger partial charge in [-0.05, 0) is 23.0 Å². The Hall–Kier alpha value is -1.61. The SMILES string of the molecule is CC(CO)CNC(=O)C/C=C/c1ccc(C(C)C)cc1. The highest BCUT2D eigenvalue weighted by Gasteiger charge is 2.02. The molecule has 2 N–H and O–H groups in total. The predicted octanol–water partition coefficient (Wildman–Crippen LogP) is 2.96. The summed E-state index contributed by atoms with van der Waals surface area (Å²) in [5.41, 5.74) is 2.42. The highest BCUT2D eigenvalue weighted by atomic mass is 16.3. The average molecular weight is 275 g/mol. The third kappa shape index (κ3) is 6.02. The van der Waals surface area contributed by atoms with E-state index < -0.39 is 0 Å². The van der Waals surface area contributed by atoms with E-state index in [0.29, 0.717) is 18.9 Å². The van der Waals surface area contributed by atoms with Gasteiger partial charge in [-0.25, -0.2) is 0 Å². The summed E-state index contributed by atoms with van der Waals surface area (Å²) in [4.78, 5) is 11.6. The van der Waals surface area contributed by atoms with Gasteiger partial charge in [-0.2, -0.15) is 0 Å². The first kappa shape index (κ1) is 16.4. The molecule has 0 aliphatic carbocycles. The molecule has 3 heteroatoms. The highest BCUT2D eigenvalue weighted by Crippen LogP contribution is 2.15. The van der Waals surface area contributed by atoms with Gasteiger partial charge < -0.3 is 10.4 Å². The molecule has 1 unspecified atom stereocenters. The normalized spacial score (nSPS) is 12.8. The van der Waals surface area contributed by atoms with Crippen LogP contribution in [0.25, 0.3) is 6.08 Å². The second kappa shape index (κ2) is 8.54. The summed E-state index contributed by atoms with van der Waals surface area (Å²) in [6.45, 7) is 6.85. The van der Waals surface area contributed by atoms with Crippen molar-refractivity contribution in [2.45, 2.75) is 33.1 Å². The summed E-state index contributed by atoms with van der Waals surface area (Å²) in [5.74, 6) is 0.624. The fourth-order valence-corrected chi connectivity index (χ4v) is 1.72. The van der Waals surface area contributed by atoms with Crippen LogP contribution in [0.3, 0.4) is 0 Å². The predicted molar refractivity (Wildman–Crippen MR) is 83.4 cm³/mol. The minimum atomic E-state index is -0.0136. The summed E-state index contributed by atoms with van der Waals surface area (Å²) in [6.07, 6.45) is 4.19. The lowest BCUT2D eigenvalue weighted by Gasteiger charge is -2.08. The molecule has 0 aliphatic heterocycles. The van der Waals surface area contributed by atoms with Gasteiger partial charge in [-0.15, -0.1) is 0 Å². The van der Waals surface area contributed by atoms with Gasteiger partial charge in [-0.3, -0.25) is 4.79 Å². The molecule has 0 aliphatic rings. The molecule has 1 aromatic carbocycles. The third-order valence-corrected chi connectivity index (χ3v) is 3.18. The van der Waals surface area contributed by atoms with Gasteiger partial charge in [0, 0.05) is 19.6 Å². The Bertz CT molecular complexity index is 435. The van der Waals surface area contributed by atoms with Crippen molar-refractivity contribution in [2.75, 3.05) is 13.2 Å². The van der Waals surface area contributed by atoms with Crippen molar-refractivity contribution >= 4 is 12.0 Å². The van der Waals surface area contributed by atoms with E-state index in [2.05, 4.69) is 43.4 Å². The standard InChI is InChI=1S/C17H25NO2/c1-13(2)16-9-7-15(8-10-16)5-4-6-17(20)18-11-14(3)12-19/h4-5,7-10,13-14,19H,6,11-12H2,1-3H3,(H,18,20)/b5-4+. The number of hydrogen-bond acceptors (Lipinski definition) is 2. The maximum Gasteiger partial charge on any atom is 0.223 e. The van der Waals surface area contributed by atoms with E-state index >= 15 is 0 Å². The molecule has 0 spiro atoms. The van der Waals surface area contributed by atoms with Crippen LogP contribution in [0.5, 0.6) is 0 Å². The van der Waals surface area contributed by atoms with E-state index in [0.717, 1.165) is 5.56 Å². The van der Waals surface area contributed by atoms with Crippen LogP contribution in [0.15, 0.2) is 30.3 Å². The molecule has 110 valence electrons. The van der Waals surface area contributed by atoms with Crippen LogP contribution in [0.2, 0.25) is 0 Å². The molecule has 0 saturated carbocycles. The molecule has 1 aromatic rings. The first-order chi connectivity index (χ1) is 9.52. The summed E-state index contributed by atoms with van der Waals surface area (Å²) < 4.78 is 0. The van der Waals surface area contributed by atoms with E-state index in [-0.39, 0.29) is 18.4 Å². The van der Waals surface area contributed by atoms with E-state index in [4.69, 9.17) is 5.11 Å². The van der Waals surface area contributed by atoms with Gasteiger partial charge in [-0.1, -0.05) is 57.2 Å². The molecule has 0 aromatic heterocycles. The number of aliphatic hydroxyl groups excluding tert-OH is 1. The summed E-state index contributed by atoms with van der Waals surface area (Å²) >= 11 is 0. The van der Waals surface area contributed by atoms with Crippen molar-refractivity contribution < 1.29 is 9.90 Å². The topological polar surface area (TPSA) is 49.3 Å². The Balaban J connectivity index is 2.38. The Morgan fingerprint density at radius 3 is 2.45 bits per heavy atom. The first-order valence-electron chi connectivity index (χ1n) is 7.17. The van der Waals surface area contributed by atoms with Crippen molar-refractivity contribution in [3.8, 4) is 0 Å². The Morgan fingerprint density at radius 2 is 1.90 bits per heavy atom. The largest absolute Gasteiger partial charge is 0.396 e. The van der Waals surface area contributed by atoms with Gasteiger partial charge in [0.2, 0.25) is 5.91 Å². The van der Waals surface area contributed by atoms with Crippen LogP contribution < -0.4 is 5.32 Å². The number of benzene rings is 1. The fourth-order valence-electron chi connectivity index (χ4n) is 1.72. The third-order valence-electron chi connectivity index (χ3n) is 3.18. The monoisotopic (exact) mass is 275 g/mol. The molecular weight excluding hydrogens is 250 g/mol. The molecule has 3 nitrogen and oxygen atoms in total. The summed E-state index contributed by atoms with van der Waals surface area (Å²) in [7, 11) is 0. The number of carbonyl (C=O) groups excluding carboxylic acids is 1. The first-order valence-corrected chi connectivity index (χ1v) is 7.17. The molecule has 1 rings (SSSR count). The average Bonchev–Trinajstić information content (AvgIpc) is 2.45.